The molecule has 0 aliphatic carbocycles. The van der Waals surface area contributed by atoms with Gasteiger partial charge in [-0.15, -0.1) is 0 Å². The average Bonchev–Trinajstić information content (AvgIpc) is 2.90. The van der Waals surface area contributed by atoms with Gasteiger partial charge < -0.3 is 0 Å². The lowest BCUT2D eigenvalue weighted by Crippen LogP contribution is -2.32. The molecule has 0 N–H and O–H groups in total. The second-order valence-electron chi connectivity index (χ2n) is 5.73. The summed E-state index contributed by atoms with van der Waals surface area (Å²) in [5.41, 5.74) is 4.61. The molecule has 0 fully saturated rings. The van der Waals surface area contributed by atoms with Crippen LogP contribution in [-0.2, 0) is 13.1 Å². The number of imidazole rings is 1. The fourth-order valence-corrected chi connectivity index (χ4v) is 2.95. The number of fused-ring (bicyclic) bond motifs is 1. The molecule has 23 heavy (non-hydrogen) atoms. The molecule has 4 rings (SSSR count). The monoisotopic (exact) mass is 300 g/mol. The van der Waals surface area contributed by atoms with Crippen molar-refractivity contribution in [2.24, 2.45) is 0 Å². The Hall–Kier alpha value is -2.87. The van der Waals surface area contributed by atoms with Crippen molar-refractivity contribution in [1.29, 1.82) is 0 Å². The van der Waals surface area contributed by atoms with Crippen molar-refractivity contribution in [3.8, 4) is 0 Å². The molecule has 112 valence electrons. The zero-order chi connectivity index (χ0) is 16.4. The third-order valence-electron chi connectivity index (χ3n) is 4.07. The second kappa shape index (κ2) is 6.09. The molecule has 0 atom stereocenters. The van der Waals surface area contributed by atoms with Crippen LogP contribution < -0.4 is 4.57 Å². The highest BCUT2D eigenvalue weighted by atomic mass is 15.1. The molecular weight excluding hydrogens is 280 g/mol. The fraction of sp³-hybridized carbons (Fsp3) is 0.0952. The van der Waals surface area contributed by atoms with E-state index in [1.807, 2.05) is 48.5 Å². The lowest BCUT2D eigenvalue weighted by Gasteiger charge is -1.98. The van der Waals surface area contributed by atoms with Gasteiger partial charge in [0.05, 0.1) is 0 Å². The molecule has 0 saturated heterocycles. The van der Waals surface area contributed by atoms with Crippen molar-refractivity contribution in [2.45, 2.75) is 13.1 Å². The molecule has 1 aromatic heterocycles. The van der Waals surface area contributed by atoms with Gasteiger partial charge in [-0.25, -0.2) is 9.13 Å². The summed E-state index contributed by atoms with van der Waals surface area (Å²) in [5.74, 6) is 0. The number of nitrogens with zero attached hydrogens (tertiary/aromatic N) is 2. The highest BCUT2D eigenvalue weighted by molar-refractivity contribution is 5.71. The van der Waals surface area contributed by atoms with Gasteiger partial charge in [0.15, 0.2) is 12.4 Å². The van der Waals surface area contributed by atoms with Crippen molar-refractivity contribution in [2.75, 3.05) is 0 Å². The molecule has 0 aliphatic rings. The molecule has 1 heterocycles. The maximum Gasteiger partial charge on any atom is 0.245 e. The van der Waals surface area contributed by atoms with Crippen molar-refractivity contribution >= 4 is 11.0 Å². The topological polar surface area (TPSA) is 8.81 Å². The third-order valence-corrected chi connectivity index (χ3v) is 4.07. The van der Waals surface area contributed by atoms with E-state index in [0.717, 1.165) is 11.0 Å². The van der Waals surface area contributed by atoms with E-state index < -0.39 is 0 Å². The van der Waals surface area contributed by atoms with Crippen LogP contribution in [0.3, 0.4) is 0 Å². The first-order valence-electron chi connectivity index (χ1n) is 8.38. The van der Waals surface area contributed by atoms with Crippen LogP contribution in [0.1, 0.15) is 12.5 Å². The highest BCUT2D eigenvalue weighted by Gasteiger charge is 2.15. The minimum absolute atomic E-state index is 0.531. The number of benzene rings is 3. The SMILES string of the molecule is [2H]c1n(Cc2ccccc2)c2ccccc2[n+]1Cc1ccccc1. The standard InChI is InChI=1S/C21H19N2/c1-3-9-18(10-4-1)15-22-17-23(16-19-11-5-2-6-12-19)21-14-8-7-13-20(21)22/h1-14,17H,15-16H2/q+1/i17D. The van der Waals surface area contributed by atoms with Crippen LogP contribution in [0.15, 0.2) is 91.2 Å². The summed E-state index contributed by atoms with van der Waals surface area (Å²) < 4.78 is 12.9. The fourth-order valence-electron chi connectivity index (χ4n) is 2.95. The Kier molecular flexibility index (Phi) is 3.35. The normalized spacial score (nSPS) is 11.6. The van der Waals surface area contributed by atoms with Crippen molar-refractivity contribution in [1.82, 2.24) is 4.57 Å². The first-order chi connectivity index (χ1) is 11.8. The molecular formula is C21H19N2+. The van der Waals surface area contributed by atoms with Gasteiger partial charge in [-0.3, -0.25) is 0 Å². The Bertz CT molecular complexity index is 881. The Balaban J connectivity index is 1.81. The Morgan fingerprint density at radius 3 is 2.09 bits per heavy atom. The van der Waals surface area contributed by atoms with Crippen LogP contribution in [0.5, 0.6) is 0 Å². The average molecular weight is 300 g/mol. The molecule has 0 unspecified atom stereocenters. The van der Waals surface area contributed by atoms with Gasteiger partial charge in [0.2, 0.25) is 6.30 Å². The van der Waals surface area contributed by atoms with E-state index in [-0.39, 0.29) is 0 Å². The van der Waals surface area contributed by atoms with E-state index in [1.54, 1.807) is 0 Å². The van der Waals surface area contributed by atoms with Gasteiger partial charge in [0.1, 0.15) is 13.1 Å². The highest BCUT2D eigenvalue weighted by Crippen LogP contribution is 2.14. The summed E-state index contributed by atoms with van der Waals surface area (Å²) in [6, 6.07) is 28.9. The smallest absolute Gasteiger partial charge is 0.226 e. The van der Waals surface area contributed by atoms with Crippen molar-refractivity contribution in [3.63, 3.8) is 0 Å². The largest absolute Gasteiger partial charge is 0.245 e. The minimum atomic E-state index is 0.531. The lowest BCUT2D eigenvalue weighted by atomic mass is 10.2. The maximum atomic E-state index is 8.70. The quantitative estimate of drug-likeness (QED) is 0.503. The summed E-state index contributed by atoms with van der Waals surface area (Å²) >= 11 is 0. The number of para-hydroxylation sites is 2. The first-order valence-corrected chi connectivity index (χ1v) is 7.88. The van der Waals surface area contributed by atoms with Gasteiger partial charge in [-0.05, 0) is 23.3 Å². The van der Waals surface area contributed by atoms with E-state index in [1.165, 1.54) is 11.1 Å². The van der Waals surface area contributed by atoms with Crippen LogP contribution in [0.4, 0.5) is 0 Å². The maximum absolute atomic E-state index is 8.70. The van der Waals surface area contributed by atoms with Crippen LogP contribution in [0, 0.1) is 0 Å². The molecule has 4 aromatic rings. The molecule has 0 aliphatic heterocycles. The van der Waals surface area contributed by atoms with E-state index in [4.69, 9.17) is 1.37 Å². The summed E-state index contributed by atoms with van der Waals surface area (Å²) in [5, 5.41) is 0. The Morgan fingerprint density at radius 2 is 1.35 bits per heavy atom. The van der Waals surface area contributed by atoms with Crippen LogP contribution in [0.2, 0.25) is 0 Å². The lowest BCUT2D eigenvalue weighted by molar-refractivity contribution is -0.663. The molecule has 0 saturated carbocycles. The predicted molar refractivity (Wildman–Crippen MR) is 93.2 cm³/mol. The number of rotatable bonds is 4. The molecule has 0 bridgehead atoms. The van der Waals surface area contributed by atoms with E-state index in [2.05, 4.69) is 45.5 Å². The van der Waals surface area contributed by atoms with Crippen molar-refractivity contribution < 1.29 is 5.94 Å². The predicted octanol–water partition coefficient (Wildman–Crippen LogP) is 4.03. The zero-order valence-electron chi connectivity index (χ0n) is 13.9. The van der Waals surface area contributed by atoms with Gasteiger partial charge in [0, 0.05) is 0 Å². The van der Waals surface area contributed by atoms with E-state index in [9.17, 15) is 0 Å². The summed E-state index contributed by atoms with van der Waals surface area (Å²) in [6.07, 6.45) is 0.531. The second-order valence-corrected chi connectivity index (χ2v) is 5.73. The number of hydrogen-bond acceptors (Lipinski definition) is 0. The minimum Gasteiger partial charge on any atom is -0.226 e. The van der Waals surface area contributed by atoms with Crippen molar-refractivity contribution in [3.05, 3.63) is 102 Å². The molecule has 2 nitrogen and oxygen atoms in total. The summed E-state index contributed by atoms with van der Waals surface area (Å²) in [7, 11) is 0. The van der Waals surface area contributed by atoms with Gasteiger partial charge in [-0.1, -0.05) is 72.8 Å². The van der Waals surface area contributed by atoms with Gasteiger partial charge in [0.25, 0.3) is 0 Å². The summed E-state index contributed by atoms with van der Waals surface area (Å²) in [4.78, 5) is 0. The van der Waals surface area contributed by atoms with Gasteiger partial charge in [-0.2, -0.15) is 0 Å². The first kappa shape index (κ1) is 12.7. The summed E-state index contributed by atoms with van der Waals surface area (Å²) in [6.45, 7) is 1.42. The molecule has 3 aromatic carbocycles. The van der Waals surface area contributed by atoms with Crippen LogP contribution >= 0.6 is 0 Å². The third kappa shape index (κ3) is 2.88. The molecule has 0 amide bonds. The zero-order valence-corrected chi connectivity index (χ0v) is 12.9. The molecule has 2 heteroatoms. The van der Waals surface area contributed by atoms with E-state index in [0.29, 0.717) is 19.4 Å². The Morgan fingerprint density at radius 1 is 0.739 bits per heavy atom. The van der Waals surface area contributed by atoms with E-state index >= 15 is 0 Å². The number of aromatic nitrogens is 2. The molecule has 0 radical (unpaired) electrons. The number of hydrogen-bond donors (Lipinski definition) is 0. The Labute approximate surface area is 137 Å². The molecule has 0 spiro atoms. The van der Waals surface area contributed by atoms with Crippen LogP contribution in [0.25, 0.3) is 11.0 Å². The van der Waals surface area contributed by atoms with Gasteiger partial charge >= 0.3 is 0 Å². The van der Waals surface area contributed by atoms with Crippen LogP contribution in [-0.4, -0.2) is 4.57 Å².